The minimum Gasteiger partial charge on any atom is -0.407 e. The molecule has 0 aliphatic heterocycles. The second-order valence-electron chi connectivity index (χ2n) is 4.38. The number of hydrogen-bond acceptors (Lipinski definition) is 5. The van der Waals surface area contributed by atoms with Crippen molar-refractivity contribution in [1.29, 1.82) is 0 Å². The summed E-state index contributed by atoms with van der Waals surface area (Å²) in [5, 5.41) is 1.26. The van der Waals surface area contributed by atoms with E-state index in [9.17, 15) is 9.36 Å². The van der Waals surface area contributed by atoms with Gasteiger partial charge in [0.2, 0.25) is 0 Å². The molecule has 0 saturated heterocycles. The molecule has 3 rings (SSSR count). The number of hydrogen-bond donors (Lipinski definition) is 2. The SMILES string of the molecule is N.O=POc1ccc(Cl)cc1-c1nc2ccc(Cl)cc2c(=O)[nH]1. The summed E-state index contributed by atoms with van der Waals surface area (Å²) in [6.45, 7) is 0. The van der Waals surface area contributed by atoms with Gasteiger partial charge >= 0.3 is 8.69 Å². The van der Waals surface area contributed by atoms with E-state index >= 15 is 0 Å². The predicted molar refractivity (Wildman–Crippen MR) is 91.1 cm³/mol. The molecule has 0 atom stereocenters. The minimum atomic E-state index is -0.516. The van der Waals surface area contributed by atoms with E-state index in [0.717, 1.165) is 0 Å². The van der Waals surface area contributed by atoms with Gasteiger partial charge in [-0.2, -0.15) is 0 Å². The Morgan fingerprint density at radius 1 is 1.09 bits per heavy atom. The van der Waals surface area contributed by atoms with Crippen LogP contribution in [0.4, 0.5) is 0 Å². The Hall–Kier alpha value is -1.98. The van der Waals surface area contributed by atoms with Gasteiger partial charge in [-0.15, -0.1) is 0 Å². The molecule has 0 unspecified atom stereocenters. The van der Waals surface area contributed by atoms with Crippen molar-refractivity contribution in [3.05, 3.63) is 56.8 Å². The monoisotopic (exact) mass is 369 g/mol. The second kappa shape index (κ2) is 7.06. The first-order valence-electron chi connectivity index (χ1n) is 6.07. The van der Waals surface area contributed by atoms with E-state index in [0.29, 0.717) is 26.5 Å². The largest absolute Gasteiger partial charge is 0.407 e. The van der Waals surface area contributed by atoms with Crippen molar-refractivity contribution in [1.82, 2.24) is 16.1 Å². The number of halogens is 2. The van der Waals surface area contributed by atoms with E-state index in [4.69, 9.17) is 27.7 Å². The molecule has 3 aromatic rings. The molecule has 6 nitrogen and oxygen atoms in total. The molecule has 1 heterocycles. The first-order chi connectivity index (χ1) is 10.6. The molecule has 0 aliphatic carbocycles. The van der Waals surface area contributed by atoms with Gasteiger partial charge in [0.05, 0.1) is 16.5 Å². The molecular weight excluding hydrogens is 360 g/mol. The van der Waals surface area contributed by atoms with Crippen LogP contribution in [0.25, 0.3) is 22.3 Å². The zero-order valence-corrected chi connectivity index (χ0v) is 14.0. The van der Waals surface area contributed by atoms with Crippen molar-refractivity contribution >= 4 is 42.8 Å². The quantitative estimate of drug-likeness (QED) is 0.653. The average molecular weight is 370 g/mol. The zero-order chi connectivity index (χ0) is 15.7. The van der Waals surface area contributed by atoms with Gasteiger partial charge in [-0.1, -0.05) is 23.2 Å². The lowest BCUT2D eigenvalue weighted by atomic mass is 10.1. The van der Waals surface area contributed by atoms with E-state index in [1.54, 1.807) is 30.3 Å². The molecule has 2 aromatic carbocycles. The minimum absolute atomic E-state index is 0. The van der Waals surface area contributed by atoms with Crippen molar-refractivity contribution < 1.29 is 9.09 Å². The fourth-order valence-electron chi connectivity index (χ4n) is 2.05. The summed E-state index contributed by atoms with van der Waals surface area (Å²) in [6, 6.07) is 9.54. The number of H-pyrrole nitrogens is 1. The van der Waals surface area contributed by atoms with Crippen molar-refractivity contribution in [2.45, 2.75) is 0 Å². The van der Waals surface area contributed by atoms with Crippen LogP contribution in [0.15, 0.2) is 41.2 Å². The fourth-order valence-corrected chi connectivity index (χ4v) is 2.63. The van der Waals surface area contributed by atoms with E-state index < -0.39 is 8.69 Å². The normalized spacial score (nSPS) is 10.5. The maximum absolute atomic E-state index is 12.2. The lowest BCUT2D eigenvalue weighted by Gasteiger charge is -2.08. The van der Waals surface area contributed by atoms with E-state index in [-0.39, 0.29) is 23.3 Å². The summed E-state index contributed by atoms with van der Waals surface area (Å²) in [6.07, 6.45) is 0. The van der Waals surface area contributed by atoms with Crippen molar-refractivity contribution in [2.75, 3.05) is 0 Å². The molecule has 0 spiro atoms. The topological polar surface area (TPSA) is 107 Å². The summed E-state index contributed by atoms with van der Waals surface area (Å²) in [4.78, 5) is 19.2. The van der Waals surface area contributed by atoms with Gasteiger partial charge in [0.25, 0.3) is 5.56 Å². The van der Waals surface area contributed by atoms with Crippen LogP contribution in [-0.4, -0.2) is 9.97 Å². The highest BCUT2D eigenvalue weighted by Crippen LogP contribution is 2.32. The van der Waals surface area contributed by atoms with E-state index in [2.05, 4.69) is 9.97 Å². The number of nitrogens with one attached hydrogen (secondary N) is 1. The molecule has 0 radical (unpaired) electrons. The Balaban J connectivity index is 0.00000192. The summed E-state index contributed by atoms with van der Waals surface area (Å²) in [7, 11) is -0.516. The summed E-state index contributed by atoms with van der Waals surface area (Å²) in [5.74, 6) is 0.554. The maximum atomic E-state index is 12.2. The maximum Gasteiger partial charge on any atom is 0.395 e. The molecule has 0 bridgehead atoms. The van der Waals surface area contributed by atoms with Crippen molar-refractivity contribution in [3.63, 3.8) is 0 Å². The molecule has 9 heteroatoms. The average Bonchev–Trinajstić information content (AvgIpc) is 2.50. The lowest BCUT2D eigenvalue weighted by Crippen LogP contribution is -2.09. The molecule has 118 valence electrons. The third-order valence-corrected chi connectivity index (χ3v) is 3.74. The predicted octanol–water partition coefficient (Wildman–Crippen LogP) is 4.64. The molecule has 0 saturated carbocycles. The number of fused-ring (bicyclic) bond motifs is 1. The van der Waals surface area contributed by atoms with Gasteiger partial charge in [-0.05, 0) is 36.4 Å². The van der Waals surface area contributed by atoms with Crippen LogP contribution < -0.4 is 16.2 Å². The Bertz CT molecular complexity index is 946. The highest BCUT2D eigenvalue weighted by Gasteiger charge is 2.12. The van der Waals surface area contributed by atoms with Crippen molar-refractivity contribution in [2.24, 2.45) is 0 Å². The highest BCUT2D eigenvalue weighted by molar-refractivity contribution is 7.17. The number of aromatic nitrogens is 2. The Kier molecular flexibility index (Phi) is 5.34. The number of nitrogens with zero attached hydrogens (tertiary/aromatic N) is 1. The van der Waals surface area contributed by atoms with E-state index in [1.807, 2.05) is 0 Å². The Labute approximate surface area is 142 Å². The van der Waals surface area contributed by atoms with Crippen LogP contribution >= 0.6 is 31.9 Å². The van der Waals surface area contributed by atoms with Gasteiger partial charge in [0.15, 0.2) is 0 Å². The van der Waals surface area contributed by atoms with Crippen molar-refractivity contribution in [3.8, 4) is 17.1 Å². The molecule has 23 heavy (non-hydrogen) atoms. The first kappa shape index (κ1) is 17.4. The van der Waals surface area contributed by atoms with Gasteiger partial charge in [-0.25, -0.2) is 9.55 Å². The first-order valence-corrected chi connectivity index (χ1v) is 7.56. The number of benzene rings is 2. The summed E-state index contributed by atoms with van der Waals surface area (Å²) in [5.41, 5.74) is 0.576. The van der Waals surface area contributed by atoms with Gasteiger partial charge in [0, 0.05) is 10.0 Å². The number of rotatable bonds is 3. The molecular formula is C14H10Cl2N3O3P. The second-order valence-corrected chi connectivity index (χ2v) is 5.59. The molecule has 0 fully saturated rings. The smallest absolute Gasteiger partial charge is 0.395 e. The number of aromatic amines is 1. The van der Waals surface area contributed by atoms with Crippen LogP contribution in [0, 0.1) is 0 Å². The Morgan fingerprint density at radius 2 is 1.78 bits per heavy atom. The molecule has 0 aliphatic rings. The van der Waals surface area contributed by atoms with Crippen LogP contribution in [0.2, 0.25) is 10.0 Å². The fraction of sp³-hybridized carbons (Fsp3) is 0. The third kappa shape index (κ3) is 3.51. The lowest BCUT2D eigenvalue weighted by molar-refractivity contribution is 0.526. The van der Waals surface area contributed by atoms with E-state index in [1.165, 1.54) is 6.07 Å². The summed E-state index contributed by atoms with van der Waals surface area (Å²) >= 11 is 11.9. The molecule has 1 aromatic heterocycles. The summed E-state index contributed by atoms with van der Waals surface area (Å²) < 4.78 is 15.7. The van der Waals surface area contributed by atoms with Gasteiger partial charge < -0.3 is 15.7 Å². The van der Waals surface area contributed by atoms with Gasteiger partial charge in [0.1, 0.15) is 11.6 Å². The van der Waals surface area contributed by atoms with Crippen LogP contribution in [0.5, 0.6) is 5.75 Å². The Morgan fingerprint density at radius 3 is 2.52 bits per heavy atom. The van der Waals surface area contributed by atoms with Crippen LogP contribution in [0.3, 0.4) is 0 Å². The highest BCUT2D eigenvalue weighted by atomic mass is 35.5. The zero-order valence-electron chi connectivity index (χ0n) is 11.5. The molecule has 4 N–H and O–H groups in total. The third-order valence-electron chi connectivity index (χ3n) is 3.00. The standard InChI is InChI=1S/C14H7Cl2N2O3P.H3N/c15-7-1-3-11-9(5-7)14(19)18-13(17-11)10-6-8(16)2-4-12(10)21-22-20;/h1-6H,(H,17,18,19);1H3. The van der Waals surface area contributed by atoms with Crippen LogP contribution in [-0.2, 0) is 4.57 Å². The molecule has 0 amide bonds. The van der Waals surface area contributed by atoms with Crippen LogP contribution in [0.1, 0.15) is 0 Å². The van der Waals surface area contributed by atoms with Gasteiger partial charge in [-0.3, -0.25) is 4.79 Å².